The van der Waals surface area contributed by atoms with Crippen molar-refractivity contribution in [2.24, 2.45) is 0 Å². The third-order valence-corrected chi connectivity index (χ3v) is 2.17. The van der Waals surface area contributed by atoms with Crippen LogP contribution in [0.15, 0.2) is 0 Å². The largest absolute Gasteiger partial charge is 0.481 e. The normalized spacial score (nSPS) is 8.91. The van der Waals surface area contributed by atoms with E-state index in [1.165, 1.54) is 0 Å². The molecule has 0 saturated heterocycles. The molecule has 0 heterocycles. The van der Waals surface area contributed by atoms with Gasteiger partial charge in [-0.3, -0.25) is 28.3 Å². The lowest BCUT2D eigenvalue weighted by molar-refractivity contribution is -0.154. The van der Waals surface area contributed by atoms with Crippen LogP contribution in [0.25, 0.3) is 0 Å². The topological polar surface area (TPSA) is 256 Å². The van der Waals surface area contributed by atoms with Crippen LogP contribution in [0.1, 0.15) is 53.9 Å². The molecule has 196 valence electrons. The van der Waals surface area contributed by atoms with E-state index in [4.69, 9.17) is 32.8 Å². The molecule has 0 aromatic heterocycles. The van der Waals surface area contributed by atoms with Gasteiger partial charge in [0.15, 0.2) is 0 Å². The molecular weight excluding hydrogens is 476 g/mol. The number of carboxylic acids is 2. The Balaban J connectivity index is -0.000000120. The first kappa shape index (κ1) is 40.4. The van der Waals surface area contributed by atoms with Crippen molar-refractivity contribution in [3.8, 4) is 0 Å². The van der Waals surface area contributed by atoms with E-state index >= 15 is 0 Å². The monoisotopic (exact) mass is 508 g/mol. The van der Waals surface area contributed by atoms with Crippen molar-refractivity contribution in [1.29, 1.82) is 0 Å². The van der Waals surface area contributed by atoms with Gasteiger partial charge in [-0.15, -0.1) is 0 Å². The van der Waals surface area contributed by atoms with Gasteiger partial charge in [0.1, 0.15) is 0 Å². The van der Waals surface area contributed by atoms with Crippen molar-refractivity contribution in [3.63, 3.8) is 0 Å². The first-order valence-electron chi connectivity index (χ1n) is 8.71. The van der Waals surface area contributed by atoms with Gasteiger partial charge >= 0.3 is 34.3 Å². The van der Waals surface area contributed by atoms with Crippen molar-refractivity contribution >= 4 is 45.8 Å². The first-order valence-corrected chi connectivity index (χ1v) is 10.1. The number of hydrogen-bond donors (Lipinski definition) is 5. The number of aliphatic hydroxyl groups is 1. The van der Waals surface area contributed by atoms with E-state index in [1.54, 1.807) is 20.8 Å². The molecule has 33 heavy (non-hydrogen) atoms. The number of rotatable bonds is 10. The molecule has 0 aliphatic rings. The molecule has 0 rings (SSSR count). The second kappa shape index (κ2) is 25.3. The molecule has 15 nitrogen and oxygen atoms in total. The lowest BCUT2D eigenvalue weighted by Crippen LogP contribution is -2.18. The van der Waals surface area contributed by atoms with Crippen LogP contribution in [0, 0.1) is 0 Å². The Hall–Kier alpha value is -2.95. The summed E-state index contributed by atoms with van der Waals surface area (Å²) in [5, 5.41) is 23.5. The molecule has 0 aliphatic carbocycles. The molecule has 0 amide bonds. The quantitative estimate of drug-likeness (QED) is 0.147. The number of carbonyl (C=O) groups excluding carboxylic acids is 4. The second-order valence-electron chi connectivity index (χ2n) is 4.83. The van der Waals surface area contributed by atoms with Crippen LogP contribution in [-0.4, -0.2) is 88.1 Å². The molecule has 0 saturated carbocycles. The molecule has 0 aromatic carbocycles. The predicted molar refractivity (Wildman–Crippen MR) is 111 cm³/mol. The fourth-order valence-electron chi connectivity index (χ4n) is 1.09. The lowest BCUT2D eigenvalue weighted by atomic mass is 10.2. The van der Waals surface area contributed by atoms with Gasteiger partial charge in [0, 0.05) is 19.4 Å². The molecule has 0 radical (unpaired) electrons. The van der Waals surface area contributed by atoms with Gasteiger partial charge in [-0.05, 0) is 20.8 Å². The van der Waals surface area contributed by atoms with Gasteiger partial charge in [-0.1, -0.05) is 7.43 Å². The Labute approximate surface area is 191 Å². The Morgan fingerprint density at radius 3 is 1.39 bits per heavy atom. The molecule has 0 aromatic rings. The molecule has 0 spiro atoms. The summed E-state index contributed by atoms with van der Waals surface area (Å²) in [4.78, 5) is 62.3. The number of aliphatic carboxylic acids is 2. The van der Waals surface area contributed by atoms with E-state index in [2.05, 4.69) is 9.47 Å². The molecule has 0 fully saturated rings. The van der Waals surface area contributed by atoms with Gasteiger partial charge in [-0.25, -0.2) is 9.59 Å². The Morgan fingerprint density at radius 2 is 1.09 bits per heavy atom. The number of Topliss-reactive ketones (excluding diaryl/α,β-unsaturated/α-hetero) is 2. The summed E-state index contributed by atoms with van der Waals surface area (Å²) in [7, 11) is -4.67. The predicted octanol–water partition coefficient (Wildman–Crippen LogP) is -0.0513. The molecule has 5 N–H and O–H groups in total. The van der Waals surface area contributed by atoms with Gasteiger partial charge < -0.3 is 24.8 Å². The van der Waals surface area contributed by atoms with Crippen molar-refractivity contribution in [2.75, 3.05) is 19.8 Å². The van der Waals surface area contributed by atoms with Crippen molar-refractivity contribution in [2.45, 2.75) is 53.9 Å². The van der Waals surface area contributed by atoms with Gasteiger partial charge in [-0.2, -0.15) is 8.42 Å². The van der Waals surface area contributed by atoms with E-state index in [-0.39, 0.29) is 40.1 Å². The van der Waals surface area contributed by atoms with E-state index in [0.717, 1.165) is 0 Å². The minimum Gasteiger partial charge on any atom is -0.481 e. The number of aliphatic hydroxyl groups excluding tert-OH is 1. The maximum atomic E-state index is 11.0. The van der Waals surface area contributed by atoms with Crippen LogP contribution < -0.4 is 0 Å². The van der Waals surface area contributed by atoms with Gasteiger partial charge in [0.25, 0.3) is 0 Å². The van der Waals surface area contributed by atoms with Crippen LogP contribution in [-0.2, 0) is 48.6 Å². The van der Waals surface area contributed by atoms with E-state index in [1.807, 2.05) is 0 Å². The lowest BCUT2D eigenvalue weighted by Gasteiger charge is -2.01. The average Bonchev–Trinajstić information content (AvgIpc) is 2.64. The second-order valence-corrected chi connectivity index (χ2v) is 5.73. The zero-order chi connectivity index (χ0) is 26.3. The minimum atomic E-state index is -4.67. The van der Waals surface area contributed by atoms with Gasteiger partial charge in [0.05, 0.1) is 26.1 Å². The highest BCUT2D eigenvalue weighted by Gasteiger charge is 2.16. The third kappa shape index (κ3) is 48.0. The number of carbonyl (C=O) groups is 6. The van der Waals surface area contributed by atoms with Crippen molar-refractivity contribution in [1.82, 2.24) is 0 Å². The smallest absolute Gasteiger partial charge is 0.394 e. The number of ketones is 2. The SMILES string of the molecule is C.CCO.CCOC(=O)CCC(=O)C(=O)OCC.O=C(O)CCC(=O)C(=O)O.O=S(=O)(O)O. The first-order chi connectivity index (χ1) is 14.6. The number of carboxylic acid groups (broad SMARTS) is 2. The molecule has 16 heteroatoms. The van der Waals surface area contributed by atoms with E-state index < -0.39 is 58.7 Å². The fourth-order valence-corrected chi connectivity index (χ4v) is 1.09. The van der Waals surface area contributed by atoms with Crippen molar-refractivity contribution in [3.05, 3.63) is 0 Å². The summed E-state index contributed by atoms with van der Waals surface area (Å²) < 4.78 is 40.6. The van der Waals surface area contributed by atoms with E-state index in [9.17, 15) is 28.8 Å². The van der Waals surface area contributed by atoms with Crippen LogP contribution in [0.3, 0.4) is 0 Å². The highest BCUT2D eigenvalue weighted by Crippen LogP contribution is 1.96. The van der Waals surface area contributed by atoms with E-state index in [0.29, 0.717) is 0 Å². The average molecular weight is 508 g/mol. The summed E-state index contributed by atoms with van der Waals surface area (Å²) in [5.41, 5.74) is 0. The Morgan fingerprint density at radius 1 is 0.727 bits per heavy atom. The van der Waals surface area contributed by atoms with Crippen molar-refractivity contribution < 1.29 is 71.1 Å². The summed E-state index contributed by atoms with van der Waals surface area (Å²) in [6.45, 7) is 5.64. The van der Waals surface area contributed by atoms with Crippen LogP contribution in [0.4, 0.5) is 0 Å². The number of esters is 2. The Bertz CT molecular complexity index is 689. The van der Waals surface area contributed by atoms with Gasteiger partial charge in [0.2, 0.25) is 11.6 Å². The Kier molecular flexibility index (Phi) is 31.0. The summed E-state index contributed by atoms with van der Waals surface area (Å²) in [5.74, 6) is -5.89. The zero-order valence-corrected chi connectivity index (χ0v) is 18.5. The fraction of sp³-hybridized carbons (Fsp3) is 0.647. The number of ether oxygens (including phenoxy) is 2. The summed E-state index contributed by atoms with van der Waals surface area (Å²) in [6.07, 6.45) is -1.10. The summed E-state index contributed by atoms with van der Waals surface area (Å²) in [6, 6.07) is 0. The molecule has 0 atom stereocenters. The maximum absolute atomic E-state index is 11.0. The highest BCUT2D eigenvalue weighted by molar-refractivity contribution is 7.79. The van der Waals surface area contributed by atoms with Crippen LogP contribution in [0.2, 0.25) is 0 Å². The maximum Gasteiger partial charge on any atom is 0.394 e. The number of hydrogen-bond acceptors (Lipinski definition) is 11. The third-order valence-electron chi connectivity index (χ3n) is 2.17. The highest BCUT2D eigenvalue weighted by atomic mass is 32.3. The molecule has 0 unspecified atom stereocenters. The van der Waals surface area contributed by atoms with Crippen LogP contribution >= 0.6 is 0 Å². The molecule has 0 aliphatic heterocycles. The summed E-state index contributed by atoms with van der Waals surface area (Å²) >= 11 is 0. The molecule has 0 bridgehead atoms. The standard InChI is InChI=1S/C9H14O5.C5H6O5.C2H6O.CH4.H2O4S/c1-3-13-8(11)6-5-7(10)9(12)14-4-2;6-3(5(9)10)1-2-4(7)8;1-2-3;;1-5(2,3)4/h3-6H2,1-2H3;1-2H2,(H,7,8)(H,9,10);3H,2H2,1H3;1H4;(H2,1,2,3,4). The minimum absolute atomic E-state index is 0. The molecular formula is C17H32O15S. The van der Waals surface area contributed by atoms with Crippen LogP contribution in [0.5, 0.6) is 0 Å². The zero-order valence-electron chi connectivity index (χ0n) is 17.7.